The Labute approximate surface area is 108 Å². The second-order valence-corrected chi connectivity index (χ2v) is 8.63. The van der Waals surface area contributed by atoms with Gasteiger partial charge in [-0.25, -0.2) is 8.42 Å². The van der Waals surface area contributed by atoms with Crippen molar-refractivity contribution in [1.29, 1.82) is 0 Å². The molecule has 0 N–H and O–H groups in total. The van der Waals surface area contributed by atoms with Crippen LogP contribution in [0.5, 0.6) is 0 Å². The Morgan fingerprint density at radius 2 is 1.39 bits per heavy atom. The molecule has 0 aliphatic carbocycles. The summed E-state index contributed by atoms with van der Waals surface area (Å²) in [5, 5.41) is 0. The molecule has 0 atom stereocenters. The molecule has 0 aromatic heterocycles. The van der Waals surface area contributed by atoms with E-state index in [1.54, 1.807) is 0 Å². The van der Waals surface area contributed by atoms with E-state index in [4.69, 9.17) is 0 Å². The third-order valence-corrected chi connectivity index (χ3v) is 5.60. The molecular formula is C12H23F3O2S. The summed E-state index contributed by atoms with van der Waals surface area (Å²) in [6.45, 7) is 9.44. The van der Waals surface area contributed by atoms with Crippen molar-refractivity contribution in [2.24, 2.45) is 10.8 Å². The lowest BCUT2D eigenvalue weighted by atomic mass is 9.71. The van der Waals surface area contributed by atoms with E-state index in [9.17, 15) is 21.6 Å². The van der Waals surface area contributed by atoms with Gasteiger partial charge in [-0.15, -0.1) is 0 Å². The SMILES string of the molecule is CC(C)(C)C(C)(C)CS(=O)(=O)CCCC(F)(F)F. The average Bonchev–Trinajstić information content (AvgIpc) is 1.95. The molecule has 0 aromatic carbocycles. The van der Waals surface area contributed by atoms with Crippen LogP contribution in [-0.4, -0.2) is 26.1 Å². The number of halogens is 3. The Morgan fingerprint density at radius 1 is 0.944 bits per heavy atom. The molecule has 0 heterocycles. The van der Waals surface area contributed by atoms with Gasteiger partial charge in [-0.1, -0.05) is 34.6 Å². The Hall–Kier alpha value is -0.260. The number of sulfone groups is 1. The van der Waals surface area contributed by atoms with E-state index < -0.39 is 33.6 Å². The van der Waals surface area contributed by atoms with Crippen LogP contribution < -0.4 is 0 Å². The Kier molecular flexibility index (Phi) is 5.31. The molecular weight excluding hydrogens is 265 g/mol. The minimum Gasteiger partial charge on any atom is -0.229 e. The summed E-state index contributed by atoms with van der Waals surface area (Å²) in [4.78, 5) is 0. The zero-order chi connectivity index (χ0) is 14.8. The smallest absolute Gasteiger partial charge is 0.229 e. The first-order chi connectivity index (χ1) is 7.66. The Morgan fingerprint density at radius 3 is 1.72 bits per heavy atom. The summed E-state index contributed by atoms with van der Waals surface area (Å²) in [5.74, 6) is -0.479. The van der Waals surface area contributed by atoms with Crippen LogP contribution >= 0.6 is 0 Å². The molecule has 0 aliphatic rings. The van der Waals surface area contributed by atoms with Crippen molar-refractivity contribution >= 4 is 9.84 Å². The lowest BCUT2D eigenvalue weighted by molar-refractivity contribution is -0.134. The van der Waals surface area contributed by atoms with Crippen LogP contribution in [0.15, 0.2) is 0 Å². The maximum atomic E-state index is 12.0. The van der Waals surface area contributed by atoms with Gasteiger partial charge in [0.25, 0.3) is 0 Å². The second-order valence-electron chi connectivity index (χ2n) is 6.44. The minimum absolute atomic E-state index is 0.0820. The van der Waals surface area contributed by atoms with Crippen LogP contribution in [0, 0.1) is 10.8 Å². The number of hydrogen-bond donors (Lipinski definition) is 0. The van der Waals surface area contributed by atoms with Crippen LogP contribution in [0.2, 0.25) is 0 Å². The summed E-state index contributed by atoms with van der Waals surface area (Å²) in [6, 6.07) is 0. The molecule has 0 aliphatic heterocycles. The summed E-state index contributed by atoms with van der Waals surface area (Å²) < 4.78 is 59.5. The first-order valence-corrected chi connectivity index (χ1v) is 7.76. The van der Waals surface area contributed by atoms with Gasteiger partial charge in [-0.3, -0.25) is 0 Å². The number of rotatable bonds is 5. The van der Waals surface area contributed by atoms with Crippen LogP contribution in [0.4, 0.5) is 13.2 Å². The van der Waals surface area contributed by atoms with Crippen molar-refractivity contribution < 1.29 is 21.6 Å². The van der Waals surface area contributed by atoms with Crippen molar-refractivity contribution in [2.45, 2.75) is 53.6 Å². The van der Waals surface area contributed by atoms with Crippen molar-refractivity contribution in [3.63, 3.8) is 0 Å². The highest BCUT2D eigenvalue weighted by molar-refractivity contribution is 7.91. The highest BCUT2D eigenvalue weighted by Gasteiger charge is 2.37. The Balaban J connectivity index is 4.51. The molecule has 6 heteroatoms. The van der Waals surface area contributed by atoms with Gasteiger partial charge < -0.3 is 0 Å². The first-order valence-electron chi connectivity index (χ1n) is 5.93. The lowest BCUT2D eigenvalue weighted by Crippen LogP contribution is -2.37. The summed E-state index contributed by atoms with van der Waals surface area (Å²) in [5.41, 5.74) is -0.686. The van der Waals surface area contributed by atoms with Crippen LogP contribution in [0.25, 0.3) is 0 Å². The zero-order valence-corrected chi connectivity index (χ0v) is 12.5. The zero-order valence-electron chi connectivity index (χ0n) is 11.7. The van der Waals surface area contributed by atoms with Gasteiger partial charge in [0.2, 0.25) is 0 Å². The molecule has 0 saturated heterocycles. The third-order valence-electron chi connectivity index (χ3n) is 3.53. The number of hydrogen-bond acceptors (Lipinski definition) is 2. The first kappa shape index (κ1) is 17.7. The molecule has 18 heavy (non-hydrogen) atoms. The highest BCUT2D eigenvalue weighted by atomic mass is 32.2. The molecule has 0 radical (unpaired) electrons. The van der Waals surface area contributed by atoms with Crippen molar-refractivity contribution in [1.82, 2.24) is 0 Å². The van der Waals surface area contributed by atoms with Crippen molar-refractivity contribution in [3.05, 3.63) is 0 Å². The fourth-order valence-corrected chi connectivity index (χ4v) is 3.59. The second kappa shape index (κ2) is 5.39. The van der Waals surface area contributed by atoms with E-state index in [0.29, 0.717) is 0 Å². The normalized spacial score (nSPS) is 14.9. The molecule has 2 nitrogen and oxygen atoms in total. The van der Waals surface area contributed by atoms with Gasteiger partial charge in [0.05, 0.1) is 11.5 Å². The molecule has 0 spiro atoms. The molecule has 0 unspecified atom stereocenters. The Bertz CT molecular complexity index is 362. The van der Waals surface area contributed by atoms with E-state index >= 15 is 0 Å². The highest BCUT2D eigenvalue weighted by Crippen LogP contribution is 2.39. The van der Waals surface area contributed by atoms with Gasteiger partial charge in [-0.05, 0) is 17.3 Å². The molecule has 110 valence electrons. The third kappa shape index (κ3) is 6.61. The summed E-state index contributed by atoms with van der Waals surface area (Å²) in [6.07, 6.45) is -5.68. The summed E-state index contributed by atoms with van der Waals surface area (Å²) in [7, 11) is -3.44. The van der Waals surface area contributed by atoms with Crippen LogP contribution in [-0.2, 0) is 9.84 Å². The molecule has 0 amide bonds. The average molecular weight is 288 g/mol. The van der Waals surface area contributed by atoms with E-state index in [-0.39, 0.29) is 17.6 Å². The standard InChI is InChI=1S/C12H23F3O2S/c1-10(2,3)11(4,5)9-18(16,17)8-6-7-12(13,14)15/h6-9H2,1-5H3. The van der Waals surface area contributed by atoms with Gasteiger partial charge >= 0.3 is 6.18 Å². The van der Waals surface area contributed by atoms with E-state index in [0.717, 1.165) is 0 Å². The number of alkyl halides is 3. The van der Waals surface area contributed by atoms with Crippen LogP contribution in [0.3, 0.4) is 0 Å². The minimum atomic E-state index is -4.28. The molecule has 0 aromatic rings. The van der Waals surface area contributed by atoms with E-state index in [1.807, 2.05) is 34.6 Å². The van der Waals surface area contributed by atoms with Gasteiger partial charge in [0.1, 0.15) is 0 Å². The fraction of sp³-hybridized carbons (Fsp3) is 1.00. The summed E-state index contributed by atoms with van der Waals surface area (Å²) >= 11 is 0. The van der Waals surface area contributed by atoms with E-state index in [2.05, 4.69) is 0 Å². The fourth-order valence-electron chi connectivity index (χ4n) is 1.33. The van der Waals surface area contributed by atoms with E-state index in [1.165, 1.54) is 0 Å². The van der Waals surface area contributed by atoms with Gasteiger partial charge in [0.15, 0.2) is 9.84 Å². The van der Waals surface area contributed by atoms with Gasteiger partial charge in [-0.2, -0.15) is 13.2 Å². The van der Waals surface area contributed by atoms with Crippen molar-refractivity contribution in [3.8, 4) is 0 Å². The largest absolute Gasteiger partial charge is 0.389 e. The molecule has 0 rings (SSSR count). The quantitative estimate of drug-likeness (QED) is 0.770. The maximum absolute atomic E-state index is 12.0. The van der Waals surface area contributed by atoms with Gasteiger partial charge in [0, 0.05) is 6.42 Å². The van der Waals surface area contributed by atoms with Crippen molar-refractivity contribution in [2.75, 3.05) is 11.5 Å². The van der Waals surface area contributed by atoms with Crippen LogP contribution in [0.1, 0.15) is 47.5 Å². The lowest BCUT2D eigenvalue weighted by Gasteiger charge is -2.38. The topological polar surface area (TPSA) is 34.1 Å². The monoisotopic (exact) mass is 288 g/mol. The predicted molar refractivity (Wildman–Crippen MR) is 67.2 cm³/mol. The predicted octanol–water partition coefficient (Wildman–Crippen LogP) is 3.82. The molecule has 0 saturated carbocycles. The molecule has 0 bridgehead atoms. The maximum Gasteiger partial charge on any atom is 0.389 e. The molecule has 0 fully saturated rings.